The van der Waals surface area contributed by atoms with Crippen LogP contribution in [0.25, 0.3) is 0 Å². The molecule has 0 aromatic heterocycles. The number of nitrogens with zero attached hydrogens (tertiary/aromatic N) is 1. The van der Waals surface area contributed by atoms with Gasteiger partial charge in [0, 0.05) is 11.8 Å². The molecule has 0 amide bonds. The van der Waals surface area contributed by atoms with Crippen molar-refractivity contribution in [1.29, 1.82) is 0 Å². The summed E-state index contributed by atoms with van der Waals surface area (Å²) in [6.07, 6.45) is 1.64. The topological polar surface area (TPSA) is 59.6 Å². The zero-order valence-electron chi connectivity index (χ0n) is 13.0. The summed E-state index contributed by atoms with van der Waals surface area (Å²) in [5.41, 5.74) is 7.55. The Morgan fingerprint density at radius 1 is 1.22 bits per heavy atom. The van der Waals surface area contributed by atoms with Crippen LogP contribution in [0.1, 0.15) is 24.3 Å². The van der Waals surface area contributed by atoms with Crippen molar-refractivity contribution < 1.29 is 9.13 Å². The number of anilines is 1. The van der Waals surface area contributed by atoms with Gasteiger partial charge in [0.05, 0.1) is 13.2 Å². The number of hydrogen-bond donors (Lipinski definition) is 2. The molecule has 1 aliphatic carbocycles. The predicted molar refractivity (Wildman–Crippen MR) is 90.4 cm³/mol. The van der Waals surface area contributed by atoms with Gasteiger partial charge in [-0.05, 0) is 42.5 Å². The third kappa shape index (κ3) is 3.62. The molecule has 3 N–H and O–H groups in total. The highest BCUT2D eigenvalue weighted by Gasteiger charge is 2.31. The quantitative estimate of drug-likeness (QED) is 0.671. The van der Waals surface area contributed by atoms with Gasteiger partial charge in [0.15, 0.2) is 5.96 Å². The van der Waals surface area contributed by atoms with Crippen molar-refractivity contribution in [3.63, 3.8) is 0 Å². The number of aliphatic imine (C=N–C) groups is 1. The minimum atomic E-state index is -0.137. The van der Waals surface area contributed by atoms with E-state index in [0.29, 0.717) is 5.96 Å². The van der Waals surface area contributed by atoms with Crippen LogP contribution in [0.5, 0.6) is 5.75 Å². The van der Waals surface area contributed by atoms with Crippen LogP contribution in [-0.2, 0) is 0 Å². The molecule has 0 bridgehead atoms. The molecule has 120 valence electrons. The van der Waals surface area contributed by atoms with Gasteiger partial charge in [-0.15, -0.1) is 0 Å². The second-order valence-electron chi connectivity index (χ2n) is 5.71. The molecule has 2 aromatic carbocycles. The van der Waals surface area contributed by atoms with Gasteiger partial charge in [0.2, 0.25) is 0 Å². The second kappa shape index (κ2) is 6.69. The van der Waals surface area contributed by atoms with E-state index in [1.165, 1.54) is 6.07 Å². The number of halogens is 1. The average molecular weight is 313 g/mol. The summed E-state index contributed by atoms with van der Waals surface area (Å²) in [6, 6.07) is 14.6. The van der Waals surface area contributed by atoms with E-state index in [2.05, 4.69) is 10.3 Å². The van der Waals surface area contributed by atoms with Gasteiger partial charge in [-0.25, -0.2) is 9.38 Å². The molecule has 0 heterocycles. The molecule has 0 saturated heterocycles. The van der Waals surface area contributed by atoms with Crippen LogP contribution in [0.3, 0.4) is 0 Å². The Hall–Kier alpha value is -2.56. The molecule has 0 radical (unpaired) electrons. The van der Waals surface area contributed by atoms with Crippen molar-refractivity contribution in [3.05, 3.63) is 59.9 Å². The lowest BCUT2D eigenvalue weighted by Crippen LogP contribution is -2.31. The summed E-state index contributed by atoms with van der Waals surface area (Å²) >= 11 is 0. The molecular formula is C18H20FN3O. The van der Waals surface area contributed by atoms with Gasteiger partial charge in [-0.1, -0.05) is 24.3 Å². The van der Waals surface area contributed by atoms with Crippen LogP contribution >= 0.6 is 0 Å². The minimum absolute atomic E-state index is 0.137. The zero-order valence-corrected chi connectivity index (χ0v) is 13.0. The maximum absolute atomic E-state index is 13.7. The first-order valence-electron chi connectivity index (χ1n) is 7.64. The van der Waals surface area contributed by atoms with Crippen molar-refractivity contribution in [2.24, 2.45) is 10.7 Å². The fourth-order valence-corrected chi connectivity index (χ4v) is 2.83. The van der Waals surface area contributed by atoms with Gasteiger partial charge in [0.25, 0.3) is 0 Å². The largest absolute Gasteiger partial charge is 0.497 e. The first-order valence-corrected chi connectivity index (χ1v) is 7.64. The number of methoxy groups -OCH3 is 1. The van der Waals surface area contributed by atoms with Crippen molar-refractivity contribution >= 4 is 11.6 Å². The molecule has 0 atom stereocenters. The Morgan fingerprint density at radius 3 is 2.74 bits per heavy atom. The maximum atomic E-state index is 13.7. The molecule has 1 saturated carbocycles. The molecule has 5 heteroatoms. The molecule has 3 rings (SSSR count). The van der Waals surface area contributed by atoms with Crippen LogP contribution in [0.2, 0.25) is 0 Å². The van der Waals surface area contributed by atoms with Crippen molar-refractivity contribution in [2.45, 2.75) is 24.8 Å². The third-order valence-corrected chi connectivity index (χ3v) is 4.12. The summed E-state index contributed by atoms with van der Waals surface area (Å²) in [7, 11) is 1.62. The van der Waals surface area contributed by atoms with E-state index in [-0.39, 0.29) is 17.8 Å². The zero-order chi connectivity index (χ0) is 16.2. The van der Waals surface area contributed by atoms with E-state index < -0.39 is 0 Å². The number of nitrogens with one attached hydrogen (secondary N) is 1. The molecule has 0 aliphatic heterocycles. The summed E-state index contributed by atoms with van der Waals surface area (Å²) in [5.74, 6) is 1.22. The Balaban J connectivity index is 1.57. The normalized spacial score (nSPS) is 20.7. The van der Waals surface area contributed by atoms with E-state index in [4.69, 9.17) is 10.5 Å². The van der Waals surface area contributed by atoms with E-state index in [1.807, 2.05) is 36.4 Å². The van der Waals surface area contributed by atoms with Gasteiger partial charge in [-0.2, -0.15) is 0 Å². The Morgan fingerprint density at radius 2 is 2.00 bits per heavy atom. The number of rotatable bonds is 4. The molecule has 4 nitrogen and oxygen atoms in total. The summed E-state index contributed by atoms with van der Waals surface area (Å²) in [6.45, 7) is 0. The van der Waals surface area contributed by atoms with Crippen LogP contribution in [-0.4, -0.2) is 19.1 Å². The van der Waals surface area contributed by atoms with Crippen molar-refractivity contribution in [1.82, 2.24) is 0 Å². The molecular weight excluding hydrogens is 293 g/mol. The summed E-state index contributed by atoms with van der Waals surface area (Å²) in [4.78, 5) is 4.46. The van der Waals surface area contributed by atoms with Gasteiger partial charge in [-0.3, -0.25) is 0 Å². The lowest BCUT2D eigenvalue weighted by atomic mass is 9.76. The summed E-state index contributed by atoms with van der Waals surface area (Å²) < 4.78 is 18.9. The van der Waals surface area contributed by atoms with E-state index in [0.717, 1.165) is 29.8 Å². The van der Waals surface area contributed by atoms with Gasteiger partial charge >= 0.3 is 0 Å². The first kappa shape index (κ1) is 15.3. The standard InChI is InChI=1S/C18H20FN3O/c1-23-15-6-4-5-13(11-15)21-18(20)22-14-9-12(10-14)16-7-2-3-8-17(16)19/h2-8,11-12,14H,9-10H2,1H3,(H3,20,21,22). The lowest BCUT2D eigenvalue weighted by Gasteiger charge is -2.33. The van der Waals surface area contributed by atoms with Crippen LogP contribution < -0.4 is 15.8 Å². The molecule has 0 spiro atoms. The highest BCUT2D eigenvalue weighted by Crippen LogP contribution is 2.39. The number of ether oxygens (including phenoxy) is 1. The summed E-state index contributed by atoms with van der Waals surface area (Å²) in [5, 5.41) is 3.06. The minimum Gasteiger partial charge on any atom is -0.497 e. The van der Waals surface area contributed by atoms with Crippen molar-refractivity contribution in [2.75, 3.05) is 12.4 Å². The Bertz CT molecular complexity index is 711. The SMILES string of the molecule is COc1cccc(NC(N)=NC2CC(c3ccccc3F)C2)c1. The lowest BCUT2D eigenvalue weighted by molar-refractivity contribution is 0.344. The number of nitrogens with two attached hydrogens (primary N) is 1. The smallest absolute Gasteiger partial charge is 0.193 e. The highest BCUT2D eigenvalue weighted by atomic mass is 19.1. The average Bonchev–Trinajstić information content (AvgIpc) is 2.51. The molecule has 2 aromatic rings. The predicted octanol–water partition coefficient (Wildman–Crippen LogP) is 3.51. The van der Waals surface area contributed by atoms with E-state index in [9.17, 15) is 4.39 Å². The molecule has 1 fully saturated rings. The number of guanidine groups is 1. The van der Waals surface area contributed by atoms with Gasteiger partial charge < -0.3 is 15.8 Å². The van der Waals surface area contributed by atoms with E-state index >= 15 is 0 Å². The molecule has 0 unspecified atom stereocenters. The number of benzene rings is 2. The maximum Gasteiger partial charge on any atom is 0.193 e. The highest BCUT2D eigenvalue weighted by molar-refractivity contribution is 5.92. The number of hydrogen-bond acceptors (Lipinski definition) is 2. The van der Waals surface area contributed by atoms with Crippen molar-refractivity contribution in [3.8, 4) is 5.75 Å². The molecule has 23 heavy (non-hydrogen) atoms. The van der Waals surface area contributed by atoms with Crippen LogP contribution in [0.15, 0.2) is 53.5 Å². The van der Waals surface area contributed by atoms with Crippen LogP contribution in [0.4, 0.5) is 10.1 Å². The molecule has 1 aliphatic rings. The second-order valence-corrected chi connectivity index (χ2v) is 5.71. The third-order valence-electron chi connectivity index (χ3n) is 4.12. The van der Waals surface area contributed by atoms with E-state index in [1.54, 1.807) is 13.2 Å². The first-order chi connectivity index (χ1) is 11.2. The monoisotopic (exact) mass is 313 g/mol. The fourth-order valence-electron chi connectivity index (χ4n) is 2.83. The van der Waals surface area contributed by atoms with Gasteiger partial charge in [0.1, 0.15) is 11.6 Å². The Kier molecular flexibility index (Phi) is 4.46. The van der Waals surface area contributed by atoms with Crippen LogP contribution in [0, 0.1) is 5.82 Å². The fraction of sp³-hybridized carbons (Fsp3) is 0.278. The Labute approximate surface area is 135 Å².